The SMILES string of the molecule is CC(C)Nc1cccnc1N(C)C1CCN(c2ccc[nH]2)C(C=O)C1. The van der Waals surface area contributed by atoms with Crippen LogP contribution in [0.25, 0.3) is 0 Å². The third kappa shape index (κ3) is 3.78. The molecule has 3 heterocycles. The number of hydrogen-bond donors (Lipinski definition) is 2. The summed E-state index contributed by atoms with van der Waals surface area (Å²) in [6.07, 6.45) is 6.55. The third-order valence-electron chi connectivity index (χ3n) is 4.78. The molecule has 134 valence electrons. The zero-order valence-electron chi connectivity index (χ0n) is 15.1. The first-order valence-corrected chi connectivity index (χ1v) is 8.90. The minimum Gasteiger partial charge on any atom is -0.380 e. The van der Waals surface area contributed by atoms with E-state index in [0.29, 0.717) is 6.04 Å². The van der Waals surface area contributed by atoms with Crippen LogP contribution in [-0.2, 0) is 4.79 Å². The standard InChI is InChI=1S/C19H27N5O/c1-14(2)22-17-6-4-10-21-19(17)23(3)15-8-11-24(16(12-15)13-25)18-7-5-9-20-18/h4-7,9-10,13-16,20,22H,8,11-12H2,1-3H3. The molecule has 6 heteroatoms. The first kappa shape index (κ1) is 17.3. The van der Waals surface area contributed by atoms with Gasteiger partial charge in [0.15, 0.2) is 5.82 Å². The van der Waals surface area contributed by atoms with E-state index >= 15 is 0 Å². The van der Waals surface area contributed by atoms with Crippen LogP contribution in [0.2, 0.25) is 0 Å². The summed E-state index contributed by atoms with van der Waals surface area (Å²) in [6.45, 7) is 5.08. The van der Waals surface area contributed by atoms with Gasteiger partial charge in [0.2, 0.25) is 0 Å². The molecule has 3 rings (SSSR count). The van der Waals surface area contributed by atoms with Crippen molar-refractivity contribution in [3.8, 4) is 0 Å². The maximum absolute atomic E-state index is 11.7. The topological polar surface area (TPSA) is 64.3 Å². The summed E-state index contributed by atoms with van der Waals surface area (Å²) in [6, 6.07) is 8.49. The van der Waals surface area contributed by atoms with Crippen LogP contribution in [0.1, 0.15) is 26.7 Å². The Balaban J connectivity index is 1.76. The van der Waals surface area contributed by atoms with Gasteiger partial charge in [0.25, 0.3) is 0 Å². The van der Waals surface area contributed by atoms with Gasteiger partial charge in [-0.05, 0) is 51.0 Å². The molecule has 0 spiro atoms. The number of aromatic amines is 1. The average Bonchev–Trinajstić information content (AvgIpc) is 3.15. The van der Waals surface area contributed by atoms with Crippen LogP contribution in [0.3, 0.4) is 0 Å². The number of pyridine rings is 1. The molecule has 0 radical (unpaired) electrons. The van der Waals surface area contributed by atoms with Crippen molar-refractivity contribution in [3.63, 3.8) is 0 Å². The summed E-state index contributed by atoms with van der Waals surface area (Å²) in [5.74, 6) is 1.96. The highest BCUT2D eigenvalue weighted by Gasteiger charge is 2.32. The van der Waals surface area contributed by atoms with Crippen LogP contribution in [0.5, 0.6) is 0 Å². The number of nitrogens with one attached hydrogen (secondary N) is 2. The van der Waals surface area contributed by atoms with Crippen molar-refractivity contribution in [2.24, 2.45) is 0 Å². The molecular formula is C19H27N5O. The zero-order chi connectivity index (χ0) is 17.8. The number of nitrogens with zero attached hydrogens (tertiary/aromatic N) is 3. The van der Waals surface area contributed by atoms with Gasteiger partial charge in [-0.15, -0.1) is 0 Å². The quantitative estimate of drug-likeness (QED) is 0.791. The van der Waals surface area contributed by atoms with Crippen molar-refractivity contribution < 1.29 is 4.79 Å². The van der Waals surface area contributed by atoms with E-state index in [0.717, 1.165) is 43.0 Å². The van der Waals surface area contributed by atoms with E-state index < -0.39 is 0 Å². The van der Waals surface area contributed by atoms with Crippen molar-refractivity contribution in [1.29, 1.82) is 0 Å². The lowest BCUT2D eigenvalue weighted by atomic mass is 9.96. The second-order valence-electron chi connectivity index (χ2n) is 6.91. The molecule has 6 nitrogen and oxygen atoms in total. The van der Waals surface area contributed by atoms with Gasteiger partial charge in [0.1, 0.15) is 12.1 Å². The second kappa shape index (κ2) is 7.59. The van der Waals surface area contributed by atoms with Crippen molar-refractivity contribution in [3.05, 3.63) is 36.7 Å². The first-order chi connectivity index (χ1) is 12.1. The number of H-pyrrole nitrogens is 1. The summed E-state index contributed by atoms with van der Waals surface area (Å²) in [4.78, 5) is 23.8. The molecule has 2 aromatic rings. The number of carbonyl (C=O) groups excluding carboxylic acids is 1. The average molecular weight is 341 g/mol. The van der Waals surface area contributed by atoms with Crippen molar-refractivity contribution in [1.82, 2.24) is 9.97 Å². The van der Waals surface area contributed by atoms with E-state index in [4.69, 9.17) is 0 Å². The zero-order valence-corrected chi connectivity index (χ0v) is 15.1. The molecule has 0 saturated carbocycles. The molecule has 2 aromatic heterocycles. The lowest BCUT2D eigenvalue weighted by molar-refractivity contribution is -0.109. The summed E-state index contributed by atoms with van der Waals surface area (Å²) in [5.41, 5.74) is 1.04. The lowest BCUT2D eigenvalue weighted by Gasteiger charge is -2.41. The first-order valence-electron chi connectivity index (χ1n) is 8.90. The minimum atomic E-state index is -0.120. The Kier molecular flexibility index (Phi) is 5.26. The van der Waals surface area contributed by atoms with Gasteiger partial charge in [0, 0.05) is 38.1 Å². The van der Waals surface area contributed by atoms with Crippen molar-refractivity contribution in [2.75, 3.05) is 28.7 Å². The highest BCUT2D eigenvalue weighted by atomic mass is 16.1. The number of aldehydes is 1. The minimum absolute atomic E-state index is 0.120. The van der Waals surface area contributed by atoms with E-state index in [9.17, 15) is 4.79 Å². The van der Waals surface area contributed by atoms with Gasteiger partial charge in [0.05, 0.1) is 11.7 Å². The fourth-order valence-corrected chi connectivity index (χ4v) is 3.53. The molecule has 2 atom stereocenters. The number of rotatable bonds is 6. The summed E-state index contributed by atoms with van der Waals surface area (Å²) >= 11 is 0. The van der Waals surface area contributed by atoms with Crippen LogP contribution in [0.4, 0.5) is 17.3 Å². The fraction of sp³-hybridized carbons (Fsp3) is 0.474. The molecule has 0 aromatic carbocycles. The smallest absolute Gasteiger partial charge is 0.151 e. The Labute approximate surface area is 149 Å². The van der Waals surface area contributed by atoms with Gasteiger partial charge in [-0.25, -0.2) is 4.98 Å². The Bertz CT molecular complexity index is 685. The summed E-state index contributed by atoms with van der Waals surface area (Å²) in [5, 5.41) is 3.46. The van der Waals surface area contributed by atoms with E-state index in [2.05, 4.69) is 52.0 Å². The predicted octanol–water partition coefficient (Wildman–Crippen LogP) is 2.90. The van der Waals surface area contributed by atoms with Crippen molar-refractivity contribution in [2.45, 2.75) is 44.8 Å². The monoisotopic (exact) mass is 341 g/mol. The van der Waals surface area contributed by atoms with Gasteiger partial charge in [-0.2, -0.15) is 0 Å². The van der Waals surface area contributed by atoms with Gasteiger partial charge >= 0.3 is 0 Å². The third-order valence-corrected chi connectivity index (χ3v) is 4.78. The molecule has 0 bridgehead atoms. The van der Waals surface area contributed by atoms with Crippen molar-refractivity contribution >= 4 is 23.6 Å². The Hall–Kier alpha value is -2.50. The number of carbonyl (C=O) groups is 1. The van der Waals surface area contributed by atoms with Crippen LogP contribution >= 0.6 is 0 Å². The highest BCUT2D eigenvalue weighted by molar-refractivity contribution is 5.68. The number of hydrogen-bond acceptors (Lipinski definition) is 5. The number of piperidine rings is 1. The number of anilines is 3. The molecule has 1 aliphatic heterocycles. The van der Waals surface area contributed by atoms with E-state index in [1.165, 1.54) is 0 Å². The normalized spacial score (nSPS) is 20.6. The van der Waals surface area contributed by atoms with Gasteiger partial charge < -0.3 is 24.9 Å². The van der Waals surface area contributed by atoms with Crippen LogP contribution in [0, 0.1) is 0 Å². The van der Waals surface area contributed by atoms with Crippen LogP contribution < -0.4 is 15.1 Å². The molecule has 1 aliphatic rings. The largest absolute Gasteiger partial charge is 0.380 e. The van der Waals surface area contributed by atoms with Gasteiger partial charge in [-0.1, -0.05) is 0 Å². The molecule has 1 fully saturated rings. The predicted molar refractivity (Wildman–Crippen MR) is 102 cm³/mol. The molecular weight excluding hydrogens is 314 g/mol. The maximum Gasteiger partial charge on any atom is 0.151 e. The molecule has 2 N–H and O–H groups in total. The van der Waals surface area contributed by atoms with Crippen LogP contribution in [-0.4, -0.2) is 48.0 Å². The maximum atomic E-state index is 11.7. The Morgan fingerprint density at radius 2 is 2.24 bits per heavy atom. The number of aromatic nitrogens is 2. The van der Waals surface area contributed by atoms with Gasteiger partial charge in [-0.3, -0.25) is 0 Å². The van der Waals surface area contributed by atoms with E-state index in [-0.39, 0.29) is 12.1 Å². The molecule has 1 saturated heterocycles. The molecule has 0 amide bonds. The van der Waals surface area contributed by atoms with Crippen LogP contribution in [0.15, 0.2) is 36.7 Å². The highest BCUT2D eigenvalue weighted by Crippen LogP contribution is 2.30. The molecule has 2 unspecified atom stereocenters. The Morgan fingerprint density at radius 1 is 1.40 bits per heavy atom. The fourth-order valence-electron chi connectivity index (χ4n) is 3.53. The summed E-state index contributed by atoms with van der Waals surface area (Å²) < 4.78 is 0. The summed E-state index contributed by atoms with van der Waals surface area (Å²) in [7, 11) is 2.07. The molecule has 25 heavy (non-hydrogen) atoms. The van der Waals surface area contributed by atoms with E-state index in [1.54, 1.807) is 0 Å². The second-order valence-corrected chi connectivity index (χ2v) is 6.91. The molecule has 0 aliphatic carbocycles. The Morgan fingerprint density at radius 3 is 2.92 bits per heavy atom. The van der Waals surface area contributed by atoms with E-state index in [1.807, 2.05) is 30.6 Å². The lowest BCUT2D eigenvalue weighted by Crippen LogP contribution is -2.50.